The van der Waals surface area contributed by atoms with Crippen LogP contribution in [0.2, 0.25) is 0 Å². The Morgan fingerprint density at radius 3 is 2.68 bits per heavy atom. The Kier molecular flexibility index (Phi) is 6.17. The van der Waals surface area contributed by atoms with Crippen LogP contribution in [0.25, 0.3) is 11.3 Å². The summed E-state index contributed by atoms with van der Waals surface area (Å²) >= 11 is 0. The zero-order chi connectivity index (χ0) is 23.7. The van der Waals surface area contributed by atoms with Gasteiger partial charge in [-0.15, -0.1) is 0 Å². The van der Waals surface area contributed by atoms with Crippen LogP contribution in [-0.4, -0.2) is 57.8 Å². The topological polar surface area (TPSA) is 108 Å². The smallest absolute Gasteiger partial charge is 0.338 e. The van der Waals surface area contributed by atoms with Gasteiger partial charge in [0, 0.05) is 43.0 Å². The fourth-order valence-corrected chi connectivity index (χ4v) is 4.82. The number of hydrogen-bond acceptors (Lipinski definition) is 6. The van der Waals surface area contributed by atoms with Crippen LogP contribution in [0.1, 0.15) is 56.4 Å². The van der Waals surface area contributed by atoms with Gasteiger partial charge in [0.2, 0.25) is 0 Å². The zero-order valence-corrected chi connectivity index (χ0v) is 19.1. The molecule has 1 unspecified atom stereocenters. The van der Waals surface area contributed by atoms with Gasteiger partial charge in [0.25, 0.3) is 5.91 Å². The molecule has 2 aliphatic heterocycles. The maximum absolute atomic E-state index is 12.7. The number of cyclic esters (lactones) is 1. The highest BCUT2D eigenvalue weighted by molar-refractivity contribution is 5.95. The number of likely N-dealkylation sites (tertiary alicyclic amines) is 1. The molecule has 1 amide bonds. The van der Waals surface area contributed by atoms with Crippen LogP contribution in [0.15, 0.2) is 48.7 Å². The maximum atomic E-state index is 12.7. The molecule has 3 aromatic rings. The van der Waals surface area contributed by atoms with Crippen LogP contribution in [0.4, 0.5) is 0 Å². The third kappa shape index (κ3) is 4.47. The summed E-state index contributed by atoms with van der Waals surface area (Å²) in [6.07, 6.45) is 2.72. The van der Waals surface area contributed by atoms with E-state index in [2.05, 4.69) is 20.4 Å². The van der Waals surface area contributed by atoms with Gasteiger partial charge < -0.3 is 20.1 Å². The van der Waals surface area contributed by atoms with Crippen LogP contribution in [0, 0.1) is 6.92 Å². The van der Waals surface area contributed by atoms with Crippen molar-refractivity contribution >= 4 is 11.9 Å². The first-order chi connectivity index (χ1) is 16.5. The molecular formula is C26H28N4O4. The highest BCUT2D eigenvalue weighted by Gasteiger charge is 2.27. The third-order valence-corrected chi connectivity index (χ3v) is 6.88. The standard InChI is InChI=1S/C26H28N4O4/c1-16-20(6-7-21-22(16)15-34-26(21)33)24(31)14-30-12-9-19(10-13-30)28-25(32)18-4-2-17(3-5-18)23-8-11-27-29-23/h2-8,11,19,24,31H,9-10,12-15H2,1H3,(H,27,29)(H,28,32). The number of benzene rings is 2. The lowest BCUT2D eigenvalue weighted by Gasteiger charge is -2.33. The normalized spacial score (nSPS) is 17.3. The van der Waals surface area contributed by atoms with Gasteiger partial charge in [-0.25, -0.2) is 4.79 Å². The summed E-state index contributed by atoms with van der Waals surface area (Å²) in [4.78, 5) is 26.7. The number of hydrogen-bond donors (Lipinski definition) is 3. The summed E-state index contributed by atoms with van der Waals surface area (Å²) in [5.74, 6) is -0.364. The van der Waals surface area contributed by atoms with Gasteiger partial charge in [-0.1, -0.05) is 18.2 Å². The molecule has 1 atom stereocenters. The molecule has 1 aromatic heterocycles. The molecule has 34 heavy (non-hydrogen) atoms. The Labute approximate surface area is 197 Å². The second-order valence-corrected chi connectivity index (χ2v) is 8.99. The monoisotopic (exact) mass is 460 g/mol. The number of nitrogens with zero attached hydrogens (tertiary/aromatic N) is 2. The van der Waals surface area contributed by atoms with Crippen LogP contribution in [0.5, 0.6) is 0 Å². The fraction of sp³-hybridized carbons (Fsp3) is 0.346. The maximum Gasteiger partial charge on any atom is 0.338 e. The lowest BCUT2D eigenvalue weighted by molar-refractivity contribution is 0.0534. The number of fused-ring (bicyclic) bond motifs is 1. The Hall–Kier alpha value is -3.49. The van der Waals surface area contributed by atoms with Crippen molar-refractivity contribution in [2.75, 3.05) is 19.6 Å². The van der Waals surface area contributed by atoms with E-state index in [9.17, 15) is 14.7 Å². The van der Waals surface area contributed by atoms with Crippen molar-refractivity contribution in [3.63, 3.8) is 0 Å². The first-order valence-corrected chi connectivity index (χ1v) is 11.6. The average Bonchev–Trinajstić information content (AvgIpc) is 3.51. The number of amides is 1. The van der Waals surface area contributed by atoms with Crippen LogP contribution < -0.4 is 5.32 Å². The van der Waals surface area contributed by atoms with Gasteiger partial charge in [-0.3, -0.25) is 9.89 Å². The molecular weight excluding hydrogens is 432 g/mol. The molecule has 0 radical (unpaired) electrons. The van der Waals surface area contributed by atoms with E-state index in [1.54, 1.807) is 12.3 Å². The van der Waals surface area contributed by atoms with Gasteiger partial charge in [0.15, 0.2) is 0 Å². The number of carbonyl (C=O) groups is 2. The third-order valence-electron chi connectivity index (χ3n) is 6.88. The predicted octanol–water partition coefficient (Wildman–Crippen LogP) is 2.98. The van der Waals surface area contributed by atoms with Gasteiger partial charge in [-0.2, -0.15) is 5.10 Å². The molecule has 2 aromatic carbocycles. The molecule has 176 valence electrons. The molecule has 1 fully saturated rings. The van der Waals surface area contributed by atoms with Crippen molar-refractivity contribution in [3.05, 3.63) is 76.5 Å². The number of aliphatic hydroxyl groups excluding tert-OH is 1. The van der Waals surface area contributed by atoms with E-state index in [4.69, 9.17) is 4.74 Å². The van der Waals surface area contributed by atoms with Crippen molar-refractivity contribution < 1.29 is 19.4 Å². The van der Waals surface area contributed by atoms with Gasteiger partial charge in [0.1, 0.15) is 6.61 Å². The van der Waals surface area contributed by atoms with Gasteiger partial charge in [-0.05, 0) is 60.7 Å². The molecule has 3 N–H and O–H groups in total. The molecule has 8 nitrogen and oxygen atoms in total. The van der Waals surface area contributed by atoms with E-state index in [1.165, 1.54) is 0 Å². The summed E-state index contributed by atoms with van der Waals surface area (Å²) in [5, 5.41) is 20.9. The first kappa shape index (κ1) is 22.3. The van der Waals surface area contributed by atoms with Crippen LogP contribution in [0.3, 0.4) is 0 Å². The van der Waals surface area contributed by atoms with E-state index in [-0.39, 0.29) is 24.5 Å². The summed E-state index contributed by atoms with van der Waals surface area (Å²) < 4.78 is 5.12. The van der Waals surface area contributed by atoms with Crippen molar-refractivity contribution in [1.29, 1.82) is 0 Å². The molecule has 3 heterocycles. The highest BCUT2D eigenvalue weighted by atomic mass is 16.5. The molecule has 2 aliphatic rings. The molecule has 5 rings (SSSR count). The second-order valence-electron chi connectivity index (χ2n) is 8.99. The Balaban J connectivity index is 1.13. The number of H-pyrrole nitrogens is 1. The number of rotatable bonds is 6. The van der Waals surface area contributed by atoms with E-state index in [1.807, 2.05) is 43.3 Å². The first-order valence-electron chi connectivity index (χ1n) is 11.6. The second kappa shape index (κ2) is 9.40. The van der Waals surface area contributed by atoms with Crippen molar-refractivity contribution in [2.45, 2.75) is 38.5 Å². The summed E-state index contributed by atoms with van der Waals surface area (Å²) in [6, 6.07) is 13.1. The lowest BCUT2D eigenvalue weighted by Crippen LogP contribution is -2.45. The van der Waals surface area contributed by atoms with Crippen molar-refractivity contribution in [1.82, 2.24) is 20.4 Å². The minimum absolute atomic E-state index is 0.0693. The van der Waals surface area contributed by atoms with E-state index >= 15 is 0 Å². The summed E-state index contributed by atoms with van der Waals surface area (Å²) in [5.41, 5.74) is 5.77. The van der Waals surface area contributed by atoms with Gasteiger partial charge >= 0.3 is 5.97 Å². The van der Waals surface area contributed by atoms with Gasteiger partial charge in [0.05, 0.1) is 17.4 Å². The number of piperidine rings is 1. The SMILES string of the molecule is Cc1c(C(O)CN2CCC(NC(=O)c3ccc(-c4ccn[nH]4)cc3)CC2)ccc2c1COC2=O. The Morgan fingerprint density at radius 2 is 1.97 bits per heavy atom. The number of esters is 1. The molecule has 0 saturated carbocycles. The largest absolute Gasteiger partial charge is 0.457 e. The highest BCUT2D eigenvalue weighted by Crippen LogP contribution is 2.30. The molecule has 0 aliphatic carbocycles. The van der Waals surface area contributed by atoms with E-state index < -0.39 is 6.10 Å². The molecule has 0 spiro atoms. The van der Waals surface area contributed by atoms with Crippen molar-refractivity contribution in [3.8, 4) is 11.3 Å². The fourth-order valence-electron chi connectivity index (χ4n) is 4.82. The van der Waals surface area contributed by atoms with E-state index in [0.29, 0.717) is 17.7 Å². The quantitative estimate of drug-likeness (QED) is 0.488. The molecule has 8 heteroatoms. The van der Waals surface area contributed by atoms with E-state index in [0.717, 1.165) is 53.9 Å². The number of aromatic nitrogens is 2. The molecule has 1 saturated heterocycles. The Morgan fingerprint density at radius 1 is 1.21 bits per heavy atom. The number of aromatic amines is 1. The minimum atomic E-state index is -0.638. The van der Waals surface area contributed by atoms with Crippen LogP contribution >= 0.6 is 0 Å². The Bertz CT molecular complexity index is 1180. The number of carbonyl (C=O) groups excluding carboxylic acids is 2. The molecule has 0 bridgehead atoms. The number of nitrogens with one attached hydrogen (secondary N) is 2. The predicted molar refractivity (Wildman–Crippen MR) is 126 cm³/mol. The lowest BCUT2D eigenvalue weighted by atomic mass is 9.94. The average molecular weight is 461 g/mol. The number of ether oxygens (including phenoxy) is 1. The summed E-state index contributed by atoms with van der Waals surface area (Å²) in [6.45, 7) is 4.32. The van der Waals surface area contributed by atoms with Crippen molar-refractivity contribution in [2.24, 2.45) is 0 Å². The number of aliphatic hydroxyl groups is 1. The van der Waals surface area contributed by atoms with Crippen LogP contribution in [-0.2, 0) is 11.3 Å². The number of β-amino-alcohol motifs (C(OH)–C–C–N with tert-alkyl or cyclic N) is 1. The zero-order valence-electron chi connectivity index (χ0n) is 19.1. The minimum Gasteiger partial charge on any atom is -0.457 e. The summed E-state index contributed by atoms with van der Waals surface area (Å²) in [7, 11) is 0.